The second-order valence-electron chi connectivity index (χ2n) is 3.80. The minimum Gasteiger partial charge on any atom is -0.322 e. The standard InChI is InChI=1S/C15H9BrClNO/c1-2-10-4-3-5-12(8-10)18-15(19)13-7-6-11(16)9-14(13)17/h1,3-9H,(H,18,19). The van der Waals surface area contributed by atoms with Gasteiger partial charge in [0.1, 0.15) is 0 Å². The average Bonchev–Trinajstić information content (AvgIpc) is 2.38. The fraction of sp³-hybridized carbons (Fsp3) is 0. The van der Waals surface area contributed by atoms with Gasteiger partial charge in [-0.15, -0.1) is 6.42 Å². The van der Waals surface area contributed by atoms with Crippen molar-refractivity contribution < 1.29 is 4.79 Å². The summed E-state index contributed by atoms with van der Waals surface area (Å²) in [6.07, 6.45) is 5.31. The van der Waals surface area contributed by atoms with Crippen molar-refractivity contribution in [2.75, 3.05) is 5.32 Å². The van der Waals surface area contributed by atoms with E-state index in [0.29, 0.717) is 21.8 Å². The maximum atomic E-state index is 12.1. The van der Waals surface area contributed by atoms with E-state index in [-0.39, 0.29) is 5.91 Å². The number of benzene rings is 2. The van der Waals surface area contributed by atoms with Gasteiger partial charge < -0.3 is 5.32 Å². The fourth-order valence-corrected chi connectivity index (χ4v) is 2.32. The van der Waals surface area contributed by atoms with Gasteiger partial charge in [0.15, 0.2) is 0 Å². The van der Waals surface area contributed by atoms with E-state index in [2.05, 4.69) is 27.2 Å². The molecule has 2 aromatic carbocycles. The molecule has 0 aromatic heterocycles. The molecule has 0 aliphatic rings. The second-order valence-corrected chi connectivity index (χ2v) is 5.13. The topological polar surface area (TPSA) is 29.1 Å². The predicted octanol–water partition coefficient (Wildman–Crippen LogP) is 4.34. The van der Waals surface area contributed by atoms with Gasteiger partial charge >= 0.3 is 0 Å². The normalized spacial score (nSPS) is 9.74. The van der Waals surface area contributed by atoms with Crippen molar-refractivity contribution in [3.63, 3.8) is 0 Å². The van der Waals surface area contributed by atoms with Crippen LogP contribution in [-0.2, 0) is 0 Å². The van der Waals surface area contributed by atoms with E-state index in [1.54, 1.807) is 42.5 Å². The Morgan fingerprint density at radius 1 is 1.26 bits per heavy atom. The number of amides is 1. The van der Waals surface area contributed by atoms with Crippen LogP contribution in [-0.4, -0.2) is 5.91 Å². The monoisotopic (exact) mass is 333 g/mol. The first-order valence-corrected chi connectivity index (χ1v) is 6.60. The van der Waals surface area contributed by atoms with E-state index in [1.807, 2.05) is 0 Å². The highest BCUT2D eigenvalue weighted by atomic mass is 79.9. The molecule has 0 heterocycles. The molecule has 0 spiro atoms. The van der Waals surface area contributed by atoms with Crippen LogP contribution >= 0.6 is 27.5 Å². The highest BCUT2D eigenvalue weighted by molar-refractivity contribution is 9.10. The first-order valence-electron chi connectivity index (χ1n) is 5.43. The van der Waals surface area contributed by atoms with E-state index in [9.17, 15) is 4.79 Å². The summed E-state index contributed by atoms with van der Waals surface area (Å²) in [4.78, 5) is 12.1. The fourth-order valence-electron chi connectivity index (χ4n) is 1.56. The molecule has 4 heteroatoms. The summed E-state index contributed by atoms with van der Waals surface area (Å²) in [6, 6.07) is 12.2. The van der Waals surface area contributed by atoms with Crippen LogP contribution in [0.1, 0.15) is 15.9 Å². The second kappa shape index (κ2) is 5.92. The van der Waals surface area contributed by atoms with Crippen molar-refractivity contribution in [1.29, 1.82) is 0 Å². The molecule has 2 rings (SSSR count). The van der Waals surface area contributed by atoms with Crippen molar-refractivity contribution in [3.8, 4) is 12.3 Å². The lowest BCUT2D eigenvalue weighted by Gasteiger charge is -2.07. The van der Waals surface area contributed by atoms with Crippen LogP contribution in [0.2, 0.25) is 5.02 Å². The molecule has 0 fully saturated rings. The van der Waals surface area contributed by atoms with Gasteiger partial charge in [0.05, 0.1) is 10.6 Å². The third-order valence-corrected chi connectivity index (χ3v) is 3.27. The Bertz CT molecular complexity index is 676. The molecule has 1 N–H and O–H groups in total. The number of carbonyl (C=O) groups excluding carboxylic acids is 1. The molecule has 0 bridgehead atoms. The van der Waals surface area contributed by atoms with Gasteiger partial charge in [0.25, 0.3) is 5.91 Å². The molecule has 0 aliphatic heterocycles. The van der Waals surface area contributed by atoms with E-state index >= 15 is 0 Å². The van der Waals surface area contributed by atoms with Gasteiger partial charge in [-0.05, 0) is 36.4 Å². The molecule has 0 aliphatic carbocycles. The summed E-state index contributed by atoms with van der Waals surface area (Å²) >= 11 is 9.32. The van der Waals surface area contributed by atoms with E-state index in [4.69, 9.17) is 18.0 Å². The quantitative estimate of drug-likeness (QED) is 0.814. The Kier molecular flexibility index (Phi) is 4.26. The third kappa shape index (κ3) is 3.37. The zero-order chi connectivity index (χ0) is 13.8. The summed E-state index contributed by atoms with van der Waals surface area (Å²) in [5, 5.41) is 3.15. The maximum Gasteiger partial charge on any atom is 0.257 e. The molecular weight excluding hydrogens is 326 g/mol. The van der Waals surface area contributed by atoms with Crippen LogP contribution in [0.5, 0.6) is 0 Å². The molecule has 19 heavy (non-hydrogen) atoms. The molecule has 1 amide bonds. The van der Waals surface area contributed by atoms with Gasteiger partial charge in [-0.2, -0.15) is 0 Å². The van der Waals surface area contributed by atoms with E-state index < -0.39 is 0 Å². The van der Waals surface area contributed by atoms with Crippen molar-refractivity contribution in [3.05, 3.63) is 63.1 Å². The average molecular weight is 335 g/mol. The maximum absolute atomic E-state index is 12.1. The van der Waals surface area contributed by atoms with Crippen LogP contribution in [0.3, 0.4) is 0 Å². The Morgan fingerprint density at radius 2 is 2.05 bits per heavy atom. The van der Waals surface area contributed by atoms with Gasteiger partial charge in [-0.25, -0.2) is 0 Å². The number of hydrogen-bond donors (Lipinski definition) is 1. The Hall–Kier alpha value is -1.76. The number of nitrogens with one attached hydrogen (secondary N) is 1. The van der Waals surface area contributed by atoms with E-state index in [1.165, 1.54) is 0 Å². The molecule has 0 saturated heterocycles. The first-order chi connectivity index (χ1) is 9.10. The van der Waals surface area contributed by atoms with Crippen molar-refractivity contribution in [1.82, 2.24) is 0 Å². The zero-order valence-electron chi connectivity index (χ0n) is 9.78. The van der Waals surface area contributed by atoms with Crippen molar-refractivity contribution in [2.45, 2.75) is 0 Å². The van der Waals surface area contributed by atoms with Gasteiger partial charge in [0.2, 0.25) is 0 Å². The Morgan fingerprint density at radius 3 is 2.74 bits per heavy atom. The number of terminal acetylenes is 1. The number of carbonyl (C=O) groups is 1. The lowest BCUT2D eigenvalue weighted by atomic mass is 10.2. The summed E-state index contributed by atoms with van der Waals surface area (Å²) < 4.78 is 0.823. The summed E-state index contributed by atoms with van der Waals surface area (Å²) in [6.45, 7) is 0. The van der Waals surface area contributed by atoms with E-state index in [0.717, 1.165) is 4.47 Å². The van der Waals surface area contributed by atoms with Crippen LogP contribution in [0.4, 0.5) is 5.69 Å². The van der Waals surface area contributed by atoms with Crippen LogP contribution < -0.4 is 5.32 Å². The minimum absolute atomic E-state index is 0.272. The minimum atomic E-state index is -0.272. The number of halogens is 2. The highest BCUT2D eigenvalue weighted by Crippen LogP contribution is 2.22. The molecule has 0 radical (unpaired) electrons. The Labute approximate surface area is 124 Å². The van der Waals surface area contributed by atoms with Crippen LogP contribution in [0, 0.1) is 12.3 Å². The largest absolute Gasteiger partial charge is 0.322 e. The smallest absolute Gasteiger partial charge is 0.257 e. The number of rotatable bonds is 2. The zero-order valence-corrected chi connectivity index (χ0v) is 12.1. The Balaban J connectivity index is 2.23. The van der Waals surface area contributed by atoms with Crippen molar-refractivity contribution >= 4 is 39.1 Å². The highest BCUT2D eigenvalue weighted by Gasteiger charge is 2.10. The predicted molar refractivity (Wildman–Crippen MR) is 81.5 cm³/mol. The third-order valence-electron chi connectivity index (χ3n) is 2.46. The lowest BCUT2D eigenvalue weighted by Crippen LogP contribution is -2.12. The molecule has 0 unspecified atom stereocenters. The van der Waals surface area contributed by atoms with Crippen LogP contribution in [0.25, 0.3) is 0 Å². The lowest BCUT2D eigenvalue weighted by molar-refractivity contribution is 0.102. The summed E-state index contributed by atoms with van der Waals surface area (Å²) in [7, 11) is 0. The van der Waals surface area contributed by atoms with Gasteiger partial charge in [-0.3, -0.25) is 4.79 Å². The number of anilines is 1. The molecule has 0 saturated carbocycles. The molecule has 2 nitrogen and oxygen atoms in total. The molecule has 0 atom stereocenters. The SMILES string of the molecule is C#Cc1cccc(NC(=O)c2ccc(Br)cc2Cl)c1. The summed E-state index contributed by atoms with van der Waals surface area (Å²) in [5.41, 5.74) is 1.76. The number of hydrogen-bond acceptors (Lipinski definition) is 1. The van der Waals surface area contributed by atoms with Gasteiger partial charge in [0, 0.05) is 15.7 Å². The van der Waals surface area contributed by atoms with Crippen LogP contribution in [0.15, 0.2) is 46.9 Å². The first kappa shape index (κ1) is 13.7. The molecule has 2 aromatic rings. The van der Waals surface area contributed by atoms with Gasteiger partial charge in [-0.1, -0.05) is 39.5 Å². The van der Waals surface area contributed by atoms with Crippen molar-refractivity contribution in [2.24, 2.45) is 0 Å². The molecular formula is C15H9BrClNO. The molecule has 94 valence electrons. The summed E-state index contributed by atoms with van der Waals surface area (Å²) in [5.74, 6) is 2.24.